The lowest BCUT2D eigenvalue weighted by Gasteiger charge is -1.96. The standard InChI is InChI=1S/C10H8N2.2C6H6O/c1-3-7-11-9(5-1)10-6-2-4-8-12-10;2*7-6-4-2-1-3-5-6/h1-8H;2*1-5,7H. The van der Waals surface area contributed by atoms with Gasteiger partial charge < -0.3 is 10.2 Å². The Morgan fingerprint density at radius 3 is 1.00 bits per heavy atom. The Bertz CT molecular complexity index is 765. The van der Waals surface area contributed by atoms with Gasteiger partial charge in [0, 0.05) is 12.4 Å². The molecule has 0 radical (unpaired) electrons. The minimum Gasteiger partial charge on any atom is -0.508 e. The molecule has 2 aromatic heterocycles. The van der Waals surface area contributed by atoms with Crippen LogP contribution in [0.4, 0.5) is 0 Å². The van der Waals surface area contributed by atoms with Gasteiger partial charge in [0.1, 0.15) is 11.5 Å². The number of hydrogen-bond donors (Lipinski definition) is 2. The van der Waals surface area contributed by atoms with Crippen LogP contribution >= 0.6 is 0 Å². The molecule has 0 saturated heterocycles. The molecule has 0 saturated carbocycles. The van der Waals surface area contributed by atoms with Crippen molar-refractivity contribution in [1.29, 1.82) is 0 Å². The highest BCUT2D eigenvalue weighted by Gasteiger charge is 1.95. The van der Waals surface area contributed by atoms with Crippen molar-refractivity contribution in [3.63, 3.8) is 0 Å². The van der Waals surface area contributed by atoms with Crippen LogP contribution in [0.5, 0.6) is 11.5 Å². The number of hydrogen-bond acceptors (Lipinski definition) is 4. The van der Waals surface area contributed by atoms with E-state index in [1.165, 1.54) is 0 Å². The highest BCUT2D eigenvalue weighted by atomic mass is 16.3. The van der Waals surface area contributed by atoms with Crippen LogP contribution in [0, 0.1) is 0 Å². The second-order valence-electron chi connectivity index (χ2n) is 5.10. The van der Waals surface area contributed by atoms with Crippen molar-refractivity contribution in [2.45, 2.75) is 0 Å². The summed E-state index contributed by atoms with van der Waals surface area (Å²) in [6.07, 6.45) is 3.54. The van der Waals surface area contributed by atoms with Gasteiger partial charge in [0.25, 0.3) is 0 Å². The van der Waals surface area contributed by atoms with Crippen LogP contribution in [0.15, 0.2) is 109 Å². The van der Waals surface area contributed by atoms with E-state index >= 15 is 0 Å². The van der Waals surface area contributed by atoms with Gasteiger partial charge in [0.15, 0.2) is 0 Å². The Morgan fingerprint density at radius 1 is 0.423 bits per heavy atom. The van der Waals surface area contributed by atoms with Crippen molar-refractivity contribution in [2.24, 2.45) is 0 Å². The molecule has 4 rings (SSSR count). The predicted molar refractivity (Wildman–Crippen MR) is 104 cm³/mol. The first-order valence-electron chi connectivity index (χ1n) is 8.06. The lowest BCUT2D eigenvalue weighted by atomic mass is 10.2. The summed E-state index contributed by atoms with van der Waals surface area (Å²) in [5.74, 6) is 0.644. The Labute approximate surface area is 153 Å². The second kappa shape index (κ2) is 11.0. The molecule has 0 aliphatic heterocycles. The summed E-state index contributed by atoms with van der Waals surface area (Å²) in [6, 6.07) is 29.0. The van der Waals surface area contributed by atoms with Crippen LogP contribution in [0.3, 0.4) is 0 Å². The molecular weight excluding hydrogens is 324 g/mol. The van der Waals surface area contributed by atoms with E-state index in [4.69, 9.17) is 10.2 Å². The maximum Gasteiger partial charge on any atom is 0.115 e. The molecule has 0 atom stereocenters. The van der Waals surface area contributed by atoms with Crippen LogP contribution in [-0.2, 0) is 0 Å². The van der Waals surface area contributed by atoms with Gasteiger partial charge in [0.05, 0.1) is 11.4 Å². The zero-order valence-corrected chi connectivity index (χ0v) is 14.2. The first-order valence-corrected chi connectivity index (χ1v) is 8.06. The van der Waals surface area contributed by atoms with E-state index < -0.39 is 0 Å². The molecule has 4 aromatic rings. The molecule has 130 valence electrons. The number of phenolic OH excluding ortho intramolecular Hbond substituents is 2. The molecular formula is C22H20N2O2. The van der Waals surface area contributed by atoms with Gasteiger partial charge in [-0.2, -0.15) is 0 Å². The van der Waals surface area contributed by atoms with E-state index in [0.29, 0.717) is 11.5 Å². The first-order chi connectivity index (χ1) is 12.8. The van der Waals surface area contributed by atoms with Gasteiger partial charge in [-0.1, -0.05) is 48.5 Å². The summed E-state index contributed by atoms with van der Waals surface area (Å²) in [6.45, 7) is 0. The van der Waals surface area contributed by atoms with Crippen molar-refractivity contribution in [3.8, 4) is 22.9 Å². The zero-order chi connectivity index (χ0) is 18.5. The number of benzene rings is 2. The molecule has 0 bridgehead atoms. The molecule has 0 aliphatic carbocycles. The SMILES string of the molecule is Oc1ccccc1.Oc1ccccc1.c1ccc(-c2ccccn2)nc1. The van der Waals surface area contributed by atoms with E-state index in [9.17, 15) is 0 Å². The van der Waals surface area contributed by atoms with Crippen molar-refractivity contribution < 1.29 is 10.2 Å². The third-order valence-corrected chi connectivity index (χ3v) is 3.10. The molecule has 0 fully saturated rings. The maximum atomic E-state index is 8.63. The molecule has 2 aromatic carbocycles. The Kier molecular flexibility index (Phi) is 7.90. The van der Waals surface area contributed by atoms with Gasteiger partial charge in [-0.15, -0.1) is 0 Å². The van der Waals surface area contributed by atoms with Crippen molar-refractivity contribution in [3.05, 3.63) is 109 Å². The van der Waals surface area contributed by atoms with Crippen molar-refractivity contribution in [2.75, 3.05) is 0 Å². The summed E-state index contributed by atoms with van der Waals surface area (Å²) < 4.78 is 0. The molecule has 2 heterocycles. The van der Waals surface area contributed by atoms with Gasteiger partial charge >= 0.3 is 0 Å². The smallest absolute Gasteiger partial charge is 0.115 e. The summed E-state index contributed by atoms with van der Waals surface area (Å²) in [5.41, 5.74) is 1.83. The molecule has 0 aliphatic rings. The normalized spacial score (nSPS) is 9.08. The van der Waals surface area contributed by atoms with E-state index in [-0.39, 0.29) is 0 Å². The highest BCUT2D eigenvalue weighted by molar-refractivity contribution is 5.52. The van der Waals surface area contributed by atoms with E-state index in [1.807, 2.05) is 48.5 Å². The summed E-state index contributed by atoms with van der Waals surface area (Å²) in [4.78, 5) is 8.37. The number of pyridine rings is 2. The number of rotatable bonds is 1. The average Bonchev–Trinajstić information content (AvgIpc) is 2.72. The first kappa shape index (κ1) is 18.7. The third-order valence-electron chi connectivity index (χ3n) is 3.10. The Hall–Kier alpha value is -3.66. The number of para-hydroxylation sites is 2. The Balaban J connectivity index is 0.000000150. The van der Waals surface area contributed by atoms with E-state index in [1.54, 1.807) is 60.9 Å². The quantitative estimate of drug-likeness (QED) is 0.514. The number of aromatic hydroxyl groups is 2. The molecule has 0 spiro atoms. The molecule has 0 amide bonds. The summed E-state index contributed by atoms with van der Waals surface area (Å²) >= 11 is 0. The number of nitrogens with zero attached hydrogens (tertiary/aromatic N) is 2. The molecule has 2 N–H and O–H groups in total. The third kappa shape index (κ3) is 7.27. The van der Waals surface area contributed by atoms with Crippen LogP contribution < -0.4 is 0 Å². The van der Waals surface area contributed by atoms with Gasteiger partial charge in [-0.3, -0.25) is 9.97 Å². The predicted octanol–water partition coefficient (Wildman–Crippen LogP) is 4.93. The fraction of sp³-hybridized carbons (Fsp3) is 0. The fourth-order valence-corrected chi connectivity index (χ4v) is 1.88. The van der Waals surface area contributed by atoms with Crippen LogP contribution in [-0.4, -0.2) is 20.2 Å². The number of aromatic nitrogens is 2. The second-order valence-corrected chi connectivity index (χ2v) is 5.10. The minimum atomic E-state index is 0.322. The molecule has 26 heavy (non-hydrogen) atoms. The van der Waals surface area contributed by atoms with Gasteiger partial charge in [-0.05, 0) is 48.5 Å². The lowest BCUT2D eigenvalue weighted by molar-refractivity contribution is 0.475. The molecule has 0 unspecified atom stereocenters. The molecule has 4 heteroatoms. The molecule has 4 nitrogen and oxygen atoms in total. The minimum absolute atomic E-state index is 0.322. The van der Waals surface area contributed by atoms with Gasteiger partial charge in [-0.25, -0.2) is 0 Å². The largest absolute Gasteiger partial charge is 0.508 e. The fourth-order valence-electron chi connectivity index (χ4n) is 1.88. The van der Waals surface area contributed by atoms with Crippen molar-refractivity contribution >= 4 is 0 Å². The van der Waals surface area contributed by atoms with Gasteiger partial charge in [0.2, 0.25) is 0 Å². The summed E-state index contributed by atoms with van der Waals surface area (Å²) in [5, 5.41) is 17.3. The lowest BCUT2D eigenvalue weighted by Crippen LogP contribution is -1.83. The van der Waals surface area contributed by atoms with E-state index in [0.717, 1.165) is 11.4 Å². The van der Waals surface area contributed by atoms with Crippen LogP contribution in [0.2, 0.25) is 0 Å². The van der Waals surface area contributed by atoms with Crippen LogP contribution in [0.25, 0.3) is 11.4 Å². The maximum absolute atomic E-state index is 8.63. The highest BCUT2D eigenvalue weighted by Crippen LogP contribution is 2.10. The van der Waals surface area contributed by atoms with E-state index in [2.05, 4.69) is 9.97 Å². The summed E-state index contributed by atoms with van der Waals surface area (Å²) in [7, 11) is 0. The Morgan fingerprint density at radius 2 is 0.769 bits per heavy atom. The number of phenols is 2. The average molecular weight is 344 g/mol. The monoisotopic (exact) mass is 344 g/mol. The van der Waals surface area contributed by atoms with Crippen LogP contribution in [0.1, 0.15) is 0 Å². The zero-order valence-electron chi connectivity index (χ0n) is 14.2. The van der Waals surface area contributed by atoms with Crippen molar-refractivity contribution in [1.82, 2.24) is 9.97 Å². The topological polar surface area (TPSA) is 66.2 Å².